The van der Waals surface area contributed by atoms with Gasteiger partial charge in [0, 0.05) is 11.9 Å². The molecule has 1 aromatic rings. The SMILES string of the molecule is O=C(O)c1nc(CNCC2CCCCC2)cs1. The normalized spacial score (nSPS) is 17.2. The number of nitrogens with zero attached hydrogens (tertiary/aromatic N) is 1. The van der Waals surface area contributed by atoms with Crippen LogP contribution >= 0.6 is 11.3 Å². The molecule has 1 aliphatic rings. The number of carboxylic acid groups (broad SMARTS) is 1. The van der Waals surface area contributed by atoms with Gasteiger partial charge in [-0.15, -0.1) is 11.3 Å². The average molecular weight is 254 g/mol. The summed E-state index contributed by atoms with van der Waals surface area (Å²) in [7, 11) is 0. The lowest BCUT2D eigenvalue weighted by molar-refractivity contribution is 0.0696. The van der Waals surface area contributed by atoms with Gasteiger partial charge in [-0.2, -0.15) is 0 Å². The summed E-state index contributed by atoms with van der Waals surface area (Å²) in [6.45, 7) is 1.71. The lowest BCUT2D eigenvalue weighted by Gasteiger charge is -2.21. The highest BCUT2D eigenvalue weighted by molar-refractivity contribution is 7.11. The molecule has 4 nitrogen and oxygen atoms in total. The molecule has 0 aliphatic heterocycles. The fourth-order valence-corrected chi connectivity index (χ4v) is 2.94. The largest absolute Gasteiger partial charge is 0.476 e. The van der Waals surface area contributed by atoms with Crippen molar-refractivity contribution in [3.05, 3.63) is 16.1 Å². The molecule has 1 heterocycles. The minimum atomic E-state index is -0.937. The van der Waals surface area contributed by atoms with E-state index in [-0.39, 0.29) is 5.01 Å². The number of carboxylic acids is 1. The van der Waals surface area contributed by atoms with Crippen LogP contribution in [-0.2, 0) is 6.54 Å². The molecule has 0 amide bonds. The van der Waals surface area contributed by atoms with E-state index >= 15 is 0 Å². The summed E-state index contributed by atoms with van der Waals surface area (Å²) in [5.41, 5.74) is 0.836. The van der Waals surface area contributed by atoms with E-state index in [1.165, 1.54) is 43.4 Å². The van der Waals surface area contributed by atoms with Crippen LogP contribution in [0.4, 0.5) is 0 Å². The van der Waals surface area contributed by atoms with Crippen LogP contribution in [0.1, 0.15) is 47.6 Å². The highest BCUT2D eigenvalue weighted by Crippen LogP contribution is 2.22. The summed E-state index contributed by atoms with van der Waals surface area (Å²) in [6, 6.07) is 0. The van der Waals surface area contributed by atoms with Crippen LogP contribution in [0.3, 0.4) is 0 Å². The van der Waals surface area contributed by atoms with Gasteiger partial charge in [-0.1, -0.05) is 19.3 Å². The number of hydrogen-bond acceptors (Lipinski definition) is 4. The Hall–Kier alpha value is -0.940. The molecule has 17 heavy (non-hydrogen) atoms. The Bertz CT molecular complexity index is 372. The predicted octanol–water partition coefficient (Wildman–Crippen LogP) is 2.51. The average Bonchev–Trinajstić information content (AvgIpc) is 2.79. The first kappa shape index (κ1) is 12.5. The highest BCUT2D eigenvalue weighted by Gasteiger charge is 2.13. The van der Waals surface area contributed by atoms with Gasteiger partial charge in [0.2, 0.25) is 5.01 Å². The number of aromatic nitrogens is 1. The first-order chi connectivity index (χ1) is 8.25. The molecular weight excluding hydrogens is 236 g/mol. The molecule has 1 aromatic heterocycles. The zero-order valence-electron chi connectivity index (χ0n) is 9.82. The van der Waals surface area contributed by atoms with Gasteiger partial charge in [0.1, 0.15) is 0 Å². The van der Waals surface area contributed by atoms with Crippen molar-refractivity contribution in [1.82, 2.24) is 10.3 Å². The Balaban J connectivity index is 1.71. The van der Waals surface area contributed by atoms with Crippen LogP contribution < -0.4 is 5.32 Å². The fourth-order valence-electron chi connectivity index (χ4n) is 2.28. The number of carbonyl (C=O) groups is 1. The van der Waals surface area contributed by atoms with Crippen molar-refractivity contribution in [2.24, 2.45) is 5.92 Å². The minimum Gasteiger partial charge on any atom is -0.476 e. The third kappa shape index (κ3) is 3.78. The third-order valence-corrected chi connectivity index (χ3v) is 4.08. The van der Waals surface area contributed by atoms with E-state index in [9.17, 15) is 4.79 Å². The Morgan fingerprint density at radius 2 is 2.24 bits per heavy atom. The summed E-state index contributed by atoms with van der Waals surface area (Å²) in [5.74, 6) is -0.144. The summed E-state index contributed by atoms with van der Waals surface area (Å²) < 4.78 is 0. The van der Waals surface area contributed by atoms with Crippen LogP contribution in [-0.4, -0.2) is 22.6 Å². The van der Waals surface area contributed by atoms with Crippen LogP contribution in [0.15, 0.2) is 5.38 Å². The van der Waals surface area contributed by atoms with Crippen LogP contribution in [0.2, 0.25) is 0 Å². The molecule has 1 saturated carbocycles. The van der Waals surface area contributed by atoms with E-state index in [0.29, 0.717) is 6.54 Å². The number of nitrogens with one attached hydrogen (secondary N) is 1. The van der Waals surface area contributed by atoms with Gasteiger partial charge in [0.25, 0.3) is 0 Å². The second kappa shape index (κ2) is 6.12. The van der Waals surface area contributed by atoms with E-state index in [4.69, 9.17) is 5.11 Å². The van der Waals surface area contributed by atoms with Gasteiger partial charge >= 0.3 is 5.97 Å². The molecule has 0 unspecified atom stereocenters. The van der Waals surface area contributed by atoms with E-state index in [0.717, 1.165) is 18.2 Å². The van der Waals surface area contributed by atoms with Crippen molar-refractivity contribution in [2.75, 3.05) is 6.54 Å². The summed E-state index contributed by atoms with van der Waals surface area (Å²) in [5, 5.41) is 14.1. The zero-order chi connectivity index (χ0) is 12.1. The molecule has 1 aliphatic carbocycles. The van der Waals surface area contributed by atoms with Crippen LogP contribution in [0.25, 0.3) is 0 Å². The van der Waals surface area contributed by atoms with Gasteiger partial charge < -0.3 is 10.4 Å². The molecule has 2 rings (SSSR count). The second-order valence-corrected chi connectivity index (χ2v) is 5.44. The van der Waals surface area contributed by atoms with Crippen molar-refractivity contribution >= 4 is 17.3 Å². The predicted molar refractivity (Wildman–Crippen MR) is 67.4 cm³/mol. The van der Waals surface area contributed by atoms with Crippen molar-refractivity contribution in [2.45, 2.75) is 38.6 Å². The summed E-state index contributed by atoms with van der Waals surface area (Å²) >= 11 is 1.19. The molecule has 0 radical (unpaired) electrons. The molecule has 0 spiro atoms. The second-order valence-electron chi connectivity index (χ2n) is 4.58. The molecule has 2 N–H and O–H groups in total. The molecule has 0 atom stereocenters. The van der Waals surface area contributed by atoms with Crippen LogP contribution in [0, 0.1) is 5.92 Å². The van der Waals surface area contributed by atoms with E-state index in [2.05, 4.69) is 10.3 Å². The minimum absolute atomic E-state index is 0.180. The van der Waals surface area contributed by atoms with Crippen molar-refractivity contribution in [3.8, 4) is 0 Å². The first-order valence-corrected chi connectivity index (χ1v) is 7.02. The summed E-state index contributed by atoms with van der Waals surface area (Å²) in [6.07, 6.45) is 6.73. The maximum atomic E-state index is 10.7. The molecule has 94 valence electrons. The van der Waals surface area contributed by atoms with Crippen molar-refractivity contribution < 1.29 is 9.90 Å². The topological polar surface area (TPSA) is 62.2 Å². The maximum absolute atomic E-state index is 10.7. The molecule has 0 saturated heterocycles. The van der Waals surface area contributed by atoms with Gasteiger partial charge in [0.15, 0.2) is 0 Å². The quantitative estimate of drug-likeness (QED) is 0.847. The first-order valence-electron chi connectivity index (χ1n) is 6.14. The monoisotopic (exact) mass is 254 g/mol. The fraction of sp³-hybridized carbons (Fsp3) is 0.667. The van der Waals surface area contributed by atoms with Crippen LogP contribution in [0.5, 0.6) is 0 Å². The molecule has 1 fully saturated rings. The lowest BCUT2D eigenvalue weighted by atomic mass is 9.89. The number of aromatic carboxylic acids is 1. The Labute approximate surface area is 105 Å². The number of hydrogen-bond donors (Lipinski definition) is 2. The standard InChI is InChI=1S/C12H18N2O2S/c15-12(16)11-14-10(8-17-11)7-13-6-9-4-2-1-3-5-9/h8-9,13H,1-7H2,(H,15,16). The number of rotatable bonds is 5. The number of thiazole rings is 1. The van der Waals surface area contributed by atoms with Crippen molar-refractivity contribution in [3.63, 3.8) is 0 Å². The van der Waals surface area contributed by atoms with Gasteiger partial charge in [-0.3, -0.25) is 0 Å². The zero-order valence-corrected chi connectivity index (χ0v) is 10.6. The van der Waals surface area contributed by atoms with E-state index in [1.807, 2.05) is 5.38 Å². The van der Waals surface area contributed by atoms with Crippen molar-refractivity contribution in [1.29, 1.82) is 0 Å². The molecule has 0 aromatic carbocycles. The summed E-state index contributed by atoms with van der Waals surface area (Å²) in [4.78, 5) is 14.7. The van der Waals surface area contributed by atoms with Gasteiger partial charge in [-0.05, 0) is 25.3 Å². The smallest absolute Gasteiger partial charge is 0.365 e. The van der Waals surface area contributed by atoms with E-state index in [1.54, 1.807) is 0 Å². The molecule has 5 heteroatoms. The Kier molecular flexibility index (Phi) is 4.50. The molecular formula is C12H18N2O2S. The van der Waals surface area contributed by atoms with E-state index < -0.39 is 5.97 Å². The Morgan fingerprint density at radius 1 is 1.47 bits per heavy atom. The third-order valence-electron chi connectivity index (χ3n) is 3.20. The maximum Gasteiger partial charge on any atom is 0.365 e. The van der Waals surface area contributed by atoms with Gasteiger partial charge in [0.05, 0.1) is 5.69 Å². The molecule has 0 bridgehead atoms. The Morgan fingerprint density at radius 3 is 2.88 bits per heavy atom. The van der Waals surface area contributed by atoms with Gasteiger partial charge in [-0.25, -0.2) is 9.78 Å². The lowest BCUT2D eigenvalue weighted by Crippen LogP contribution is -2.24. The highest BCUT2D eigenvalue weighted by atomic mass is 32.1.